The van der Waals surface area contributed by atoms with E-state index in [4.69, 9.17) is 11.6 Å². The van der Waals surface area contributed by atoms with Crippen LogP contribution in [0.15, 0.2) is 22.6 Å². The summed E-state index contributed by atoms with van der Waals surface area (Å²) in [4.78, 5) is 0. The zero-order valence-electron chi connectivity index (χ0n) is 10.9. The monoisotopic (exact) mass is 329 g/mol. The first-order valence-electron chi connectivity index (χ1n) is 5.46. The molecule has 112 valence electrons. The molecule has 0 aliphatic rings. The van der Waals surface area contributed by atoms with Crippen LogP contribution in [0.5, 0.6) is 0 Å². The third-order valence-electron chi connectivity index (χ3n) is 2.16. The van der Waals surface area contributed by atoms with E-state index in [-0.39, 0.29) is 5.02 Å². The van der Waals surface area contributed by atoms with Gasteiger partial charge in [-0.25, -0.2) is 4.39 Å². The largest absolute Gasteiger partial charge is 0.591 e. The molecule has 0 saturated heterocycles. The van der Waals surface area contributed by atoms with Gasteiger partial charge in [0.25, 0.3) is 0 Å². The molecule has 0 saturated carbocycles. The number of benzene rings is 1. The Bertz CT molecular complexity index is 525. The molecule has 0 amide bonds. The zero-order chi connectivity index (χ0) is 15.7. The molecule has 0 bridgehead atoms. The molecule has 1 unspecified atom stereocenters. The first-order valence-corrected chi connectivity index (χ1v) is 6.94. The van der Waals surface area contributed by atoms with E-state index in [2.05, 4.69) is 4.40 Å². The molecule has 0 heterocycles. The number of nitrogens with zero attached hydrogens (tertiary/aromatic N) is 1. The lowest BCUT2D eigenvalue weighted by atomic mass is 10.1. The number of hydrogen-bond donors (Lipinski definition) is 0. The van der Waals surface area contributed by atoms with Crippen molar-refractivity contribution >= 4 is 28.7 Å². The zero-order valence-corrected chi connectivity index (χ0v) is 12.5. The summed E-state index contributed by atoms with van der Waals surface area (Å²) in [5.41, 5.74) is -1.90. The van der Waals surface area contributed by atoms with Crippen molar-refractivity contribution in [1.29, 1.82) is 0 Å². The molecule has 1 rings (SSSR count). The standard InChI is InChI=1S/C12H12ClF4NOS/c1-11(2,3)20(19)18-10(12(15,16)17)7-4-5-8(13)9(14)6-7/h4-6H,1-3H3. The van der Waals surface area contributed by atoms with Gasteiger partial charge in [0.15, 0.2) is 0 Å². The predicted molar refractivity (Wildman–Crippen MR) is 71.9 cm³/mol. The smallest absolute Gasteiger partial charge is 0.438 e. The Morgan fingerprint density at radius 1 is 1.25 bits per heavy atom. The minimum absolute atomic E-state index is 0.299. The van der Waals surface area contributed by atoms with E-state index < -0.39 is 39.4 Å². The Balaban J connectivity index is 3.34. The molecule has 0 aromatic heterocycles. The van der Waals surface area contributed by atoms with E-state index >= 15 is 0 Å². The minimum atomic E-state index is -4.85. The van der Waals surface area contributed by atoms with Gasteiger partial charge in [0, 0.05) is 5.56 Å². The molecular weight excluding hydrogens is 318 g/mol. The number of hydrogen-bond acceptors (Lipinski definition) is 2. The molecule has 1 aromatic carbocycles. The van der Waals surface area contributed by atoms with Crippen LogP contribution >= 0.6 is 11.6 Å². The Morgan fingerprint density at radius 3 is 2.20 bits per heavy atom. The maximum atomic E-state index is 13.3. The van der Waals surface area contributed by atoms with Crippen molar-refractivity contribution in [1.82, 2.24) is 0 Å². The third kappa shape index (κ3) is 4.36. The Morgan fingerprint density at radius 2 is 1.80 bits per heavy atom. The number of rotatable bonds is 2. The van der Waals surface area contributed by atoms with Gasteiger partial charge in [-0.3, -0.25) is 0 Å². The SMILES string of the molecule is CC(C)(C)[S+]([O-])N=C(c1ccc(Cl)c(F)c1)C(F)(F)F. The van der Waals surface area contributed by atoms with Crippen LogP contribution in [0.1, 0.15) is 26.3 Å². The fourth-order valence-corrected chi connectivity index (χ4v) is 1.90. The van der Waals surface area contributed by atoms with Crippen LogP contribution in [0.3, 0.4) is 0 Å². The molecule has 8 heteroatoms. The molecule has 0 fully saturated rings. The van der Waals surface area contributed by atoms with Crippen molar-refractivity contribution in [2.24, 2.45) is 4.40 Å². The van der Waals surface area contributed by atoms with Crippen LogP contribution in [0.2, 0.25) is 5.02 Å². The molecule has 0 aliphatic heterocycles. The van der Waals surface area contributed by atoms with Crippen LogP contribution in [-0.2, 0) is 11.4 Å². The fraction of sp³-hybridized carbons (Fsp3) is 0.417. The fourth-order valence-electron chi connectivity index (χ4n) is 1.13. The highest BCUT2D eigenvalue weighted by Crippen LogP contribution is 2.28. The second-order valence-corrected chi connectivity index (χ2v) is 7.24. The average Bonchev–Trinajstić information content (AvgIpc) is 2.26. The van der Waals surface area contributed by atoms with Gasteiger partial charge in [-0.05, 0) is 32.9 Å². The Kier molecular flexibility index (Phi) is 5.10. The highest BCUT2D eigenvalue weighted by Gasteiger charge is 2.41. The molecule has 2 nitrogen and oxygen atoms in total. The first-order chi connectivity index (χ1) is 8.93. The van der Waals surface area contributed by atoms with Gasteiger partial charge in [-0.2, -0.15) is 13.2 Å². The second-order valence-electron chi connectivity index (χ2n) is 4.93. The quantitative estimate of drug-likeness (QED) is 0.453. The van der Waals surface area contributed by atoms with Gasteiger partial charge < -0.3 is 4.55 Å². The van der Waals surface area contributed by atoms with Crippen LogP contribution in [0.25, 0.3) is 0 Å². The van der Waals surface area contributed by atoms with Crippen LogP contribution < -0.4 is 0 Å². The summed E-state index contributed by atoms with van der Waals surface area (Å²) in [6.07, 6.45) is -4.85. The second kappa shape index (κ2) is 5.91. The number of halogens is 5. The van der Waals surface area contributed by atoms with Gasteiger partial charge >= 0.3 is 6.18 Å². The molecule has 20 heavy (non-hydrogen) atoms. The third-order valence-corrected chi connectivity index (χ3v) is 3.86. The van der Waals surface area contributed by atoms with E-state index in [9.17, 15) is 22.1 Å². The molecule has 0 radical (unpaired) electrons. The van der Waals surface area contributed by atoms with Crippen LogP contribution in [0, 0.1) is 5.82 Å². The maximum Gasteiger partial charge on any atom is 0.438 e. The summed E-state index contributed by atoms with van der Waals surface area (Å²) >= 11 is 3.31. The van der Waals surface area contributed by atoms with E-state index in [1.165, 1.54) is 20.8 Å². The maximum absolute atomic E-state index is 13.3. The van der Waals surface area contributed by atoms with Gasteiger partial charge in [-0.15, -0.1) is 0 Å². The highest BCUT2D eigenvalue weighted by atomic mass is 35.5. The van der Waals surface area contributed by atoms with Crippen molar-refractivity contribution in [3.8, 4) is 0 Å². The average molecular weight is 330 g/mol. The van der Waals surface area contributed by atoms with E-state index in [1.807, 2.05) is 0 Å². The molecule has 0 N–H and O–H groups in total. The lowest BCUT2D eigenvalue weighted by Gasteiger charge is -2.20. The van der Waals surface area contributed by atoms with E-state index in [0.717, 1.165) is 12.1 Å². The van der Waals surface area contributed by atoms with Gasteiger partial charge in [0.05, 0.1) is 5.02 Å². The lowest BCUT2D eigenvalue weighted by molar-refractivity contribution is -0.0578. The predicted octanol–water partition coefficient (Wildman–Crippen LogP) is 4.29. The lowest BCUT2D eigenvalue weighted by Crippen LogP contribution is -2.31. The summed E-state index contributed by atoms with van der Waals surface area (Å²) in [5.74, 6) is -0.998. The van der Waals surface area contributed by atoms with Gasteiger partial charge in [0.1, 0.15) is 21.9 Å². The van der Waals surface area contributed by atoms with Gasteiger partial charge in [-0.1, -0.05) is 22.1 Å². The molecule has 1 atom stereocenters. The Labute approximate surface area is 122 Å². The van der Waals surface area contributed by atoms with Crippen molar-refractivity contribution in [2.45, 2.75) is 31.7 Å². The van der Waals surface area contributed by atoms with E-state index in [0.29, 0.717) is 6.07 Å². The number of alkyl halides is 3. The van der Waals surface area contributed by atoms with Gasteiger partial charge in [0.2, 0.25) is 5.71 Å². The normalized spacial score (nSPS) is 15.3. The summed E-state index contributed by atoms with van der Waals surface area (Å²) in [7, 11) is 0. The highest BCUT2D eigenvalue weighted by molar-refractivity contribution is 7.91. The van der Waals surface area contributed by atoms with Crippen molar-refractivity contribution in [2.75, 3.05) is 0 Å². The summed E-state index contributed by atoms with van der Waals surface area (Å²) < 4.78 is 66.2. The van der Waals surface area contributed by atoms with E-state index in [1.54, 1.807) is 0 Å². The van der Waals surface area contributed by atoms with Crippen LogP contribution in [0.4, 0.5) is 17.6 Å². The topological polar surface area (TPSA) is 35.4 Å². The minimum Gasteiger partial charge on any atom is -0.591 e. The Hall–Kier alpha value is -0.790. The molecule has 0 aliphatic carbocycles. The van der Waals surface area contributed by atoms with Crippen molar-refractivity contribution < 1.29 is 22.1 Å². The summed E-state index contributed by atoms with van der Waals surface area (Å²) in [5, 5.41) is -0.299. The van der Waals surface area contributed by atoms with Crippen molar-refractivity contribution in [3.63, 3.8) is 0 Å². The summed E-state index contributed by atoms with van der Waals surface area (Å²) in [6, 6.07) is 2.60. The summed E-state index contributed by atoms with van der Waals surface area (Å²) in [6.45, 7) is 4.47. The first kappa shape index (κ1) is 17.3. The molecule has 0 spiro atoms. The molecule has 1 aromatic rings. The van der Waals surface area contributed by atoms with Crippen molar-refractivity contribution in [3.05, 3.63) is 34.6 Å². The molecular formula is C12H12ClF4NOS. The van der Waals surface area contributed by atoms with Crippen LogP contribution in [-0.4, -0.2) is 21.2 Å².